The first-order valence-electron chi connectivity index (χ1n) is 10.4. The summed E-state index contributed by atoms with van der Waals surface area (Å²) in [6.45, 7) is 0.0962. The number of aromatic nitrogens is 2. The summed E-state index contributed by atoms with van der Waals surface area (Å²) in [5, 5.41) is 7.01. The van der Waals surface area contributed by atoms with Crippen LogP contribution in [0.25, 0.3) is 11.3 Å². The van der Waals surface area contributed by atoms with Crippen molar-refractivity contribution in [3.8, 4) is 17.0 Å². The average Bonchev–Trinajstić information content (AvgIpc) is 2.81. The van der Waals surface area contributed by atoms with Crippen LogP contribution in [0.3, 0.4) is 0 Å². The molecule has 0 unspecified atom stereocenters. The number of para-hydroxylation sites is 2. The highest BCUT2D eigenvalue weighted by Gasteiger charge is 2.31. The molecule has 0 fully saturated rings. The van der Waals surface area contributed by atoms with Crippen molar-refractivity contribution in [2.45, 2.75) is 12.9 Å². The SMILES string of the molecule is Nc1ccccc1NC(=O)c1ccc(Cn2nc(-c3cccc(OC(F)(F)F)c3)ccc2=O)cc1. The summed E-state index contributed by atoms with van der Waals surface area (Å²) >= 11 is 0. The summed E-state index contributed by atoms with van der Waals surface area (Å²) < 4.78 is 42.7. The Bertz CT molecular complexity index is 1420. The molecule has 0 atom stereocenters. The molecule has 1 aromatic heterocycles. The Morgan fingerprint density at radius 2 is 1.71 bits per heavy atom. The molecule has 0 aliphatic carbocycles. The number of hydrogen-bond donors (Lipinski definition) is 2. The molecule has 1 heterocycles. The van der Waals surface area contributed by atoms with Crippen LogP contribution < -0.4 is 21.3 Å². The van der Waals surface area contributed by atoms with Gasteiger partial charge in [-0.1, -0.05) is 36.4 Å². The summed E-state index contributed by atoms with van der Waals surface area (Å²) in [7, 11) is 0. The number of rotatable bonds is 6. The van der Waals surface area contributed by atoms with Gasteiger partial charge in [0.05, 0.1) is 23.6 Å². The van der Waals surface area contributed by atoms with Crippen molar-refractivity contribution in [1.29, 1.82) is 0 Å². The van der Waals surface area contributed by atoms with E-state index in [0.717, 1.165) is 0 Å². The maximum atomic E-state index is 12.5. The number of nitrogen functional groups attached to an aromatic ring is 1. The third kappa shape index (κ3) is 6.05. The highest BCUT2D eigenvalue weighted by molar-refractivity contribution is 6.05. The Labute approximate surface area is 197 Å². The van der Waals surface area contributed by atoms with Crippen LogP contribution in [0.1, 0.15) is 15.9 Å². The van der Waals surface area contributed by atoms with Crippen LogP contribution in [0.5, 0.6) is 5.75 Å². The predicted molar refractivity (Wildman–Crippen MR) is 125 cm³/mol. The van der Waals surface area contributed by atoms with E-state index in [9.17, 15) is 22.8 Å². The Hall–Kier alpha value is -4.60. The maximum Gasteiger partial charge on any atom is 0.573 e. The monoisotopic (exact) mass is 480 g/mol. The Morgan fingerprint density at radius 1 is 0.971 bits per heavy atom. The molecule has 0 aliphatic heterocycles. The molecule has 0 bridgehead atoms. The van der Waals surface area contributed by atoms with Crippen molar-refractivity contribution in [2.75, 3.05) is 11.1 Å². The molecule has 4 rings (SSSR count). The molecule has 0 spiro atoms. The number of nitrogens with two attached hydrogens (primary N) is 1. The molecule has 3 aromatic carbocycles. The maximum absolute atomic E-state index is 12.5. The predicted octanol–water partition coefficient (Wildman–Crippen LogP) is 4.69. The van der Waals surface area contributed by atoms with Crippen molar-refractivity contribution in [1.82, 2.24) is 9.78 Å². The minimum absolute atomic E-state index is 0.0962. The molecule has 4 aromatic rings. The molecule has 10 heteroatoms. The number of anilines is 2. The van der Waals surface area contributed by atoms with Crippen LogP contribution in [0.4, 0.5) is 24.5 Å². The highest BCUT2D eigenvalue weighted by Crippen LogP contribution is 2.27. The number of ether oxygens (including phenoxy) is 1. The van der Waals surface area contributed by atoms with Crippen LogP contribution >= 0.6 is 0 Å². The Morgan fingerprint density at radius 3 is 2.43 bits per heavy atom. The molecule has 0 radical (unpaired) electrons. The lowest BCUT2D eigenvalue weighted by atomic mass is 10.1. The van der Waals surface area contributed by atoms with Crippen LogP contribution in [0.2, 0.25) is 0 Å². The first-order valence-corrected chi connectivity index (χ1v) is 10.4. The largest absolute Gasteiger partial charge is 0.573 e. The van der Waals surface area contributed by atoms with Gasteiger partial charge in [0.15, 0.2) is 0 Å². The molecule has 0 aliphatic rings. The Balaban J connectivity index is 1.50. The third-order valence-electron chi connectivity index (χ3n) is 4.99. The molecule has 7 nitrogen and oxygen atoms in total. The van der Waals surface area contributed by atoms with Crippen LogP contribution in [0.15, 0.2) is 89.7 Å². The number of benzene rings is 3. The van der Waals surface area contributed by atoms with Gasteiger partial charge in [0, 0.05) is 17.2 Å². The van der Waals surface area contributed by atoms with Gasteiger partial charge in [0.1, 0.15) is 5.75 Å². The van der Waals surface area contributed by atoms with Crippen molar-refractivity contribution in [2.24, 2.45) is 0 Å². The van der Waals surface area contributed by atoms with E-state index in [1.165, 1.54) is 35.0 Å². The van der Waals surface area contributed by atoms with Crippen LogP contribution in [-0.2, 0) is 6.54 Å². The lowest BCUT2D eigenvalue weighted by Crippen LogP contribution is -2.23. The topological polar surface area (TPSA) is 99.2 Å². The molecular formula is C25H19F3N4O3. The van der Waals surface area contributed by atoms with Gasteiger partial charge in [-0.05, 0) is 48.0 Å². The molecule has 1 amide bonds. The van der Waals surface area contributed by atoms with E-state index in [2.05, 4.69) is 15.2 Å². The Kier molecular flexibility index (Phi) is 6.54. The zero-order chi connectivity index (χ0) is 25.0. The third-order valence-corrected chi connectivity index (χ3v) is 4.99. The van der Waals surface area contributed by atoms with Crippen molar-refractivity contribution in [3.63, 3.8) is 0 Å². The van der Waals surface area contributed by atoms with Gasteiger partial charge in [-0.25, -0.2) is 4.68 Å². The van der Waals surface area contributed by atoms with E-state index in [-0.39, 0.29) is 18.2 Å². The molecule has 0 saturated carbocycles. The zero-order valence-electron chi connectivity index (χ0n) is 18.1. The lowest BCUT2D eigenvalue weighted by molar-refractivity contribution is -0.274. The number of nitrogens with one attached hydrogen (secondary N) is 1. The minimum Gasteiger partial charge on any atom is -0.406 e. The fourth-order valence-electron chi connectivity index (χ4n) is 3.31. The van der Waals surface area contributed by atoms with E-state index in [0.29, 0.717) is 33.8 Å². The van der Waals surface area contributed by atoms with E-state index in [1.54, 1.807) is 54.6 Å². The number of hydrogen-bond acceptors (Lipinski definition) is 5. The lowest BCUT2D eigenvalue weighted by Gasteiger charge is -2.11. The molecule has 3 N–H and O–H groups in total. The standard InChI is InChI=1S/C25H19F3N4O3/c26-25(27,28)35-19-5-3-4-18(14-19)21-12-13-23(33)32(31-21)15-16-8-10-17(11-9-16)24(34)30-22-7-2-1-6-20(22)29/h1-14H,15,29H2,(H,30,34). The second-order valence-electron chi connectivity index (χ2n) is 7.53. The van der Waals surface area contributed by atoms with Gasteiger partial charge < -0.3 is 15.8 Å². The molecule has 178 valence electrons. The number of alkyl halides is 3. The quantitative estimate of drug-likeness (QED) is 0.390. The van der Waals surface area contributed by atoms with Gasteiger partial charge in [0.2, 0.25) is 0 Å². The van der Waals surface area contributed by atoms with Gasteiger partial charge in [-0.3, -0.25) is 9.59 Å². The summed E-state index contributed by atoms with van der Waals surface area (Å²) in [4.78, 5) is 24.8. The second-order valence-corrected chi connectivity index (χ2v) is 7.53. The van der Waals surface area contributed by atoms with Crippen molar-refractivity contribution >= 4 is 17.3 Å². The first-order chi connectivity index (χ1) is 16.7. The van der Waals surface area contributed by atoms with E-state index in [4.69, 9.17) is 5.73 Å². The average molecular weight is 480 g/mol. The number of nitrogens with zero attached hydrogens (tertiary/aromatic N) is 2. The fraction of sp³-hybridized carbons (Fsp3) is 0.0800. The normalized spacial score (nSPS) is 11.2. The molecule has 0 saturated heterocycles. The van der Waals surface area contributed by atoms with Gasteiger partial charge in [0.25, 0.3) is 11.5 Å². The second kappa shape index (κ2) is 9.72. The fourth-order valence-corrected chi connectivity index (χ4v) is 3.31. The molecule has 35 heavy (non-hydrogen) atoms. The number of halogens is 3. The van der Waals surface area contributed by atoms with Crippen molar-refractivity contribution in [3.05, 3.63) is 106 Å². The van der Waals surface area contributed by atoms with E-state index in [1.807, 2.05) is 0 Å². The zero-order valence-corrected chi connectivity index (χ0v) is 18.1. The molecular weight excluding hydrogens is 461 g/mol. The number of carbonyl (C=O) groups is 1. The smallest absolute Gasteiger partial charge is 0.406 e. The summed E-state index contributed by atoms with van der Waals surface area (Å²) in [5.41, 5.74) is 8.15. The summed E-state index contributed by atoms with van der Waals surface area (Å²) in [6.07, 6.45) is -4.82. The van der Waals surface area contributed by atoms with E-state index < -0.39 is 11.9 Å². The van der Waals surface area contributed by atoms with Crippen LogP contribution in [-0.4, -0.2) is 22.1 Å². The number of amides is 1. The van der Waals surface area contributed by atoms with Gasteiger partial charge >= 0.3 is 6.36 Å². The first kappa shape index (κ1) is 23.6. The van der Waals surface area contributed by atoms with Crippen LogP contribution in [0, 0.1) is 0 Å². The van der Waals surface area contributed by atoms with Gasteiger partial charge in [-0.2, -0.15) is 5.10 Å². The van der Waals surface area contributed by atoms with Crippen molar-refractivity contribution < 1.29 is 22.7 Å². The summed E-state index contributed by atoms with van der Waals surface area (Å²) in [6, 6.07) is 21.5. The van der Waals surface area contributed by atoms with E-state index >= 15 is 0 Å². The minimum atomic E-state index is -4.82. The summed E-state index contributed by atoms with van der Waals surface area (Å²) in [5.74, 6) is -0.728. The highest BCUT2D eigenvalue weighted by atomic mass is 19.4. The van der Waals surface area contributed by atoms with Gasteiger partial charge in [-0.15, -0.1) is 13.2 Å². The number of carbonyl (C=O) groups excluding carboxylic acids is 1.